The van der Waals surface area contributed by atoms with Gasteiger partial charge in [0.1, 0.15) is 9.71 Å². The number of rotatable bonds is 5. The number of esters is 1. The van der Waals surface area contributed by atoms with Gasteiger partial charge in [-0.25, -0.2) is 9.48 Å². The van der Waals surface area contributed by atoms with Gasteiger partial charge in [0.25, 0.3) is 5.91 Å². The molecule has 0 radical (unpaired) electrons. The van der Waals surface area contributed by atoms with Crippen molar-refractivity contribution >= 4 is 45.0 Å². The molecular weight excluding hydrogens is 374 g/mol. The molecule has 6 nitrogen and oxygen atoms in total. The van der Waals surface area contributed by atoms with E-state index in [0.717, 1.165) is 21.6 Å². The van der Waals surface area contributed by atoms with E-state index in [1.165, 1.54) is 11.3 Å². The molecule has 1 amide bonds. The van der Waals surface area contributed by atoms with E-state index in [1.807, 2.05) is 32.0 Å². The molecule has 0 saturated heterocycles. The number of halogens is 1. The third-order valence-electron chi connectivity index (χ3n) is 3.83. The molecule has 8 heteroatoms. The molecule has 2 heterocycles. The number of carbonyl (C=O) groups excluding carboxylic acids is 2. The number of para-hydroxylation sites is 1. The third kappa shape index (κ3) is 3.45. The van der Waals surface area contributed by atoms with Crippen LogP contribution in [0.15, 0.2) is 30.3 Å². The fourth-order valence-corrected chi connectivity index (χ4v) is 3.80. The fourth-order valence-electron chi connectivity index (χ4n) is 2.52. The van der Waals surface area contributed by atoms with Crippen molar-refractivity contribution in [2.75, 3.05) is 6.54 Å². The van der Waals surface area contributed by atoms with Crippen LogP contribution in [-0.4, -0.2) is 34.3 Å². The topological polar surface area (TPSA) is 73.2 Å². The van der Waals surface area contributed by atoms with Crippen molar-refractivity contribution in [2.24, 2.45) is 0 Å². The monoisotopic (exact) mass is 391 g/mol. The molecule has 3 aromatic rings. The molecule has 2 aromatic heterocycles. The van der Waals surface area contributed by atoms with Crippen LogP contribution in [0.4, 0.5) is 0 Å². The Morgan fingerprint density at radius 1 is 1.38 bits per heavy atom. The van der Waals surface area contributed by atoms with Gasteiger partial charge < -0.3 is 10.1 Å². The van der Waals surface area contributed by atoms with Gasteiger partial charge in [-0.05, 0) is 39.0 Å². The number of hydrogen-bond acceptors (Lipinski definition) is 5. The summed E-state index contributed by atoms with van der Waals surface area (Å²) < 4.78 is 6.99. The number of amides is 1. The molecule has 0 aliphatic carbocycles. The van der Waals surface area contributed by atoms with Gasteiger partial charge in [-0.3, -0.25) is 4.79 Å². The first-order valence-electron chi connectivity index (χ1n) is 8.15. The molecular formula is C18H18ClN3O3S. The van der Waals surface area contributed by atoms with E-state index in [2.05, 4.69) is 10.4 Å². The van der Waals surface area contributed by atoms with Crippen LogP contribution in [0.3, 0.4) is 0 Å². The van der Waals surface area contributed by atoms with Crippen molar-refractivity contribution in [3.63, 3.8) is 0 Å². The summed E-state index contributed by atoms with van der Waals surface area (Å²) in [6.07, 6.45) is -0.853. The maximum atomic E-state index is 12.4. The van der Waals surface area contributed by atoms with Crippen molar-refractivity contribution in [1.29, 1.82) is 0 Å². The van der Waals surface area contributed by atoms with E-state index < -0.39 is 12.1 Å². The summed E-state index contributed by atoms with van der Waals surface area (Å²) in [5, 5.41) is 8.57. The molecule has 1 N–H and O–H groups in total. The molecule has 0 aliphatic rings. The van der Waals surface area contributed by atoms with Crippen LogP contribution in [0, 0.1) is 6.92 Å². The van der Waals surface area contributed by atoms with E-state index in [4.69, 9.17) is 16.3 Å². The predicted molar refractivity (Wildman–Crippen MR) is 102 cm³/mol. The zero-order valence-electron chi connectivity index (χ0n) is 14.6. The minimum atomic E-state index is -0.853. The Kier molecular flexibility index (Phi) is 5.29. The maximum Gasteiger partial charge on any atom is 0.349 e. The Morgan fingerprint density at radius 3 is 2.81 bits per heavy atom. The molecule has 0 unspecified atom stereocenters. The lowest BCUT2D eigenvalue weighted by Gasteiger charge is -2.11. The second-order valence-electron chi connectivity index (χ2n) is 5.72. The highest BCUT2D eigenvalue weighted by Gasteiger charge is 2.22. The molecule has 0 fully saturated rings. The van der Waals surface area contributed by atoms with Crippen LogP contribution in [0.5, 0.6) is 0 Å². The lowest BCUT2D eigenvalue weighted by molar-refractivity contribution is -0.128. The number of nitrogens with zero attached hydrogens (tertiary/aromatic N) is 2. The molecule has 0 aliphatic heterocycles. The highest BCUT2D eigenvalue weighted by Crippen LogP contribution is 2.32. The lowest BCUT2D eigenvalue weighted by Crippen LogP contribution is -2.35. The first kappa shape index (κ1) is 18.4. The van der Waals surface area contributed by atoms with Crippen molar-refractivity contribution in [2.45, 2.75) is 26.9 Å². The number of hydrogen-bond donors (Lipinski definition) is 1. The molecule has 0 spiro atoms. The molecule has 3 rings (SSSR count). The summed E-state index contributed by atoms with van der Waals surface area (Å²) in [7, 11) is 0. The van der Waals surface area contributed by atoms with Crippen molar-refractivity contribution in [3.05, 3.63) is 45.9 Å². The van der Waals surface area contributed by atoms with Gasteiger partial charge in [0.2, 0.25) is 0 Å². The second kappa shape index (κ2) is 7.47. The van der Waals surface area contributed by atoms with Crippen LogP contribution >= 0.6 is 22.9 Å². The van der Waals surface area contributed by atoms with Crippen LogP contribution < -0.4 is 5.32 Å². The summed E-state index contributed by atoms with van der Waals surface area (Å²) in [6.45, 7) is 5.71. The van der Waals surface area contributed by atoms with Crippen LogP contribution in [0.25, 0.3) is 15.9 Å². The highest BCUT2D eigenvalue weighted by atomic mass is 35.5. The Hall–Kier alpha value is -2.38. The largest absolute Gasteiger partial charge is 0.448 e. The molecule has 136 valence electrons. The first-order chi connectivity index (χ1) is 12.4. The average molecular weight is 392 g/mol. The number of ether oxygens (including phenoxy) is 1. The number of fused-ring (bicyclic) bond motifs is 1. The third-order valence-corrected chi connectivity index (χ3v) is 5.24. The van der Waals surface area contributed by atoms with Crippen LogP contribution in [0.2, 0.25) is 5.02 Å². The number of aromatic nitrogens is 2. The summed E-state index contributed by atoms with van der Waals surface area (Å²) >= 11 is 7.54. The van der Waals surface area contributed by atoms with Gasteiger partial charge in [0, 0.05) is 11.9 Å². The van der Waals surface area contributed by atoms with Gasteiger partial charge in [0.15, 0.2) is 6.10 Å². The molecule has 1 atom stereocenters. The Balaban J connectivity index is 1.93. The molecule has 0 bridgehead atoms. The number of carbonyl (C=O) groups is 2. The SMILES string of the molecule is CCNC(=O)[C@H](C)OC(=O)c1cc2c(C)nn(-c3ccccc3Cl)c2s1. The summed E-state index contributed by atoms with van der Waals surface area (Å²) in [5.41, 5.74) is 1.52. The number of nitrogens with one attached hydrogen (secondary N) is 1. The van der Waals surface area contributed by atoms with Crippen LogP contribution in [0.1, 0.15) is 29.2 Å². The van der Waals surface area contributed by atoms with E-state index in [9.17, 15) is 9.59 Å². The molecule has 0 saturated carbocycles. The van der Waals surface area contributed by atoms with E-state index in [-0.39, 0.29) is 5.91 Å². The standard InChI is InChI=1S/C18H18ClN3O3S/c1-4-20-16(23)11(3)25-18(24)15-9-12-10(2)21-22(17(12)26-15)14-8-6-5-7-13(14)19/h5-9,11H,4H2,1-3H3,(H,20,23)/t11-/m0/s1. The normalized spacial score (nSPS) is 12.2. The number of aryl methyl sites for hydroxylation is 1. The molecule has 1 aromatic carbocycles. The number of benzene rings is 1. The smallest absolute Gasteiger partial charge is 0.349 e. The Labute approximate surface area is 159 Å². The zero-order chi connectivity index (χ0) is 18.8. The van der Waals surface area contributed by atoms with E-state index in [0.29, 0.717) is 16.4 Å². The van der Waals surface area contributed by atoms with Crippen molar-refractivity contribution < 1.29 is 14.3 Å². The quantitative estimate of drug-likeness (QED) is 0.672. The Bertz CT molecular complexity index is 979. The van der Waals surface area contributed by atoms with Gasteiger partial charge in [-0.15, -0.1) is 11.3 Å². The summed E-state index contributed by atoms with van der Waals surface area (Å²) in [6, 6.07) is 9.11. The zero-order valence-corrected chi connectivity index (χ0v) is 16.1. The van der Waals surface area contributed by atoms with Crippen LogP contribution in [-0.2, 0) is 9.53 Å². The molecule has 26 heavy (non-hydrogen) atoms. The van der Waals surface area contributed by atoms with Crippen molar-refractivity contribution in [3.8, 4) is 5.69 Å². The van der Waals surface area contributed by atoms with Gasteiger partial charge in [-0.1, -0.05) is 23.7 Å². The average Bonchev–Trinajstić information content (AvgIpc) is 3.16. The van der Waals surface area contributed by atoms with Gasteiger partial charge >= 0.3 is 5.97 Å². The van der Waals surface area contributed by atoms with E-state index >= 15 is 0 Å². The summed E-state index contributed by atoms with van der Waals surface area (Å²) in [4.78, 5) is 25.4. The lowest BCUT2D eigenvalue weighted by atomic mass is 10.3. The maximum absolute atomic E-state index is 12.4. The summed E-state index contributed by atoms with van der Waals surface area (Å²) in [5.74, 6) is -0.851. The second-order valence-corrected chi connectivity index (χ2v) is 7.16. The first-order valence-corrected chi connectivity index (χ1v) is 9.34. The van der Waals surface area contributed by atoms with E-state index in [1.54, 1.807) is 23.7 Å². The Morgan fingerprint density at radius 2 is 2.12 bits per heavy atom. The number of likely N-dealkylation sites (N-methyl/N-ethyl adjacent to an activating group) is 1. The highest BCUT2D eigenvalue weighted by molar-refractivity contribution is 7.20. The van der Waals surface area contributed by atoms with Gasteiger partial charge in [-0.2, -0.15) is 5.10 Å². The van der Waals surface area contributed by atoms with Crippen molar-refractivity contribution in [1.82, 2.24) is 15.1 Å². The number of thiophene rings is 1. The fraction of sp³-hybridized carbons (Fsp3) is 0.278. The minimum Gasteiger partial charge on any atom is -0.448 e. The minimum absolute atomic E-state index is 0.319. The van der Waals surface area contributed by atoms with Gasteiger partial charge in [0.05, 0.1) is 16.4 Å². The predicted octanol–water partition coefficient (Wildman–Crippen LogP) is 3.73.